The number of alkyl halides is 3. The molecule has 1 aromatic heterocycles. The zero-order valence-electron chi connectivity index (χ0n) is 14.8. The molecule has 154 valence electrons. The number of pyridine rings is 1. The first-order valence-electron chi connectivity index (χ1n) is 8.13. The molecule has 30 heavy (non-hydrogen) atoms. The highest BCUT2D eigenvalue weighted by Crippen LogP contribution is 2.36. The molecule has 3 rings (SSSR count). The van der Waals surface area contributed by atoms with Crippen LogP contribution in [0.2, 0.25) is 5.02 Å². The quantitative estimate of drug-likeness (QED) is 0.527. The van der Waals surface area contributed by atoms with E-state index in [-0.39, 0.29) is 26.2 Å². The van der Waals surface area contributed by atoms with E-state index >= 15 is 0 Å². The second kappa shape index (κ2) is 8.55. The number of rotatable bonds is 5. The number of nitriles is 1. The Morgan fingerprint density at radius 2 is 1.77 bits per heavy atom. The van der Waals surface area contributed by atoms with Crippen molar-refractivity contribution in [1.29, 1.82) is 5.26 Å². The summed E-state index contributed by atoms with van der Waals surface area (Å²) >= 11 is 6.84. The van der Waals surface area contributed by atoms with Crippen LogP contribution in [-0.2, 0) is 16.2 Å². The molecule has 11 heteroatoms. The van der Waals surface area contributed by atoms with Crippen LogP contribution in [0.3, 0.4) is 0 Å². The van der Waals surface area contributed by atoms with Crippen LogP contribution in [0.15, 0.2) is 75.5 Å². The van der Waals surface area contributed by atoms with Gasteiger partial charge in [0, 0.05) is 21.7 Å². The summed E-state index contributed by atoms with van der Waals surface area (Å²) < 4.78 is 66.0. The fraction of sp³-hybridized carbons (Fsp3) is 0.0526. The minimum Gasteiger partial charge on any atom is -0.280 e. The van der Waals surface area contributed by atoms with E-state index in [4.69, 9.17) is 16.9 Å². The van der Waals surface area contributed by atoms with Gasteiger partial charge in [0.1, 0.15) is 11.0 Å². The number of halogens is 4. The van der Waals surface area contributed by atoms with E-state index in [1.807, 2.05) is 0 Å². The minimum atomic E-state index is -4.59. The maximum absolute atomic E-state index is 12.9. The normalized spacial score (nSPS) is 11.7. The van der Waals surface area contributed by atoms with Gasteiger partial charge < -0.3 is 0 Å². The predicted octanol–water partition coefficient (Wildman–Crippen LogP) is 5.58. The summed E-state index contributed by atoms with van der Waals surface area (Å²) in [5, 5.41) is 9.17. The fourth-order valence-electron chi connectivity index (χ4n) is 2.35. The van der Waals surface area contributed by atoms with Gasteiger partial charge in [-0.15, -0.1) is 0 Å². The lowest BCUT2D eigenvalue weighted by molar-refractivity contribution is -0.138. The van der Waals surface area contributed by atoms with Crippen LogP contribution < -0.4 is 4.72 Å². The molecule has 1 N–H and O–H groups in total. The van der Waals surface area contributed by atoms with Gasteiger partial charge in [-0.25, -0.2) is 13.4 Å². The molecule has 0 saturated heterocycles. The van der Waals surface area contributed by atoms with Gasteiger partial charge in [0.05, 0.1) is 10.6 Å². The molecular formula is C19H11ClF3N3O2S2. The molecule has 0 fully saturated rings. The van der Waals surface area contributed by atoms with E-state index in [9.17, 15) is 21.6 Å². The van der Waals surface area contributed by atoms with Crippen molar-refractivity contribution in [3.8, 4) is 6.07 Å². The molecule has 3 aromatic rings. The third-order valence-electron chi connectivity index (χ3n) is 3.75. The number of nitrogens with zero attached hydrogens (tertiary/aromatic N) is 2. The van der Waals surface area contributed by atoms with Crippen LogP contribution in [0, 0.1) is 11.3 Å². The molecule has 1 heterocycles. The van der Waals surface area contributed by atoms with Crippen molar-refractivity contribution in [2.75, 3.05) is 4.72 Å². The Balaban J connectivity index is 1.82. The summed E-state index contributed by atoms with van der Waals surface area (Å²) in [6.07, 6.45) is -3.98. The Morgan fingerprint density at radius 3 is 2.37 bits per heavy atom. The standard InChI is InChI=1S/C19H11ClF3N3O2S2/c20-15-3-1-2-4-18(15)30(27,28)26-13-5-7-14(8-6-13)29-17-9-12(19(21,22)23)11-25-16(17)10-24/h1-9,11,26H. The summed E-state index contributed by atoms with van der Waals surface area (Å²) in [6.45, 7) is 0. The van der Waals surface area contributed by atoms with Gasteiger partial charge in [-0.3, -0.25) is 4.72 Å². The van der Waals surface area contributed by atoms with Crippen molar-refractivity contribution in [3.63, 3.8) is 0 Å². The Morgan fingerprint density at radius 1 is 1.10 bits per heavy atom. The first kappa shape index (κ1) is 22.0. The maximum Gasteiger partial charge on any atom is 0.417 e. The van der Waals surface area contributed by atoms with Crippen LogP contribution >= 0.6 is 23.4 Å². The van der Waals surface area contributed by atoms with Crippen LogP contribution in [0.4, 0.5) is 18.9 Å². The number of benzene rings is 2. The van der Waals surface area contributed by atoms with Gasteiger partial charge in [0.25, 0.3) is 10.0 Å². The lowest BCUT2D eigenvalue weighted by atomic mass is 10.2. The van der Waals surface area contributed by atoms with Gasteiger partial charge in [-0.1, -0.05) is 35.5 Å². The molecule has 0 aliphatic heterocycles. The number of hydrogen-bond donors (Lipinski definition) is 1. The van der Waals surface area contributed by atoms with Gasteiger partial charge in [0.2, 0.25) is 0 Å². The zero-order chi connectivity index (χ0) is 21.9. The average molecular weight is 470 g/mol. The molecule has 0 unspecified atom stereocenters. The van der Waals surface area contributed by atoms with E-state index in [2.05, 4.69) is 9.71 Å². The molecule has 0 atom stereocenters. The molecule has 0 radical (unpaired) electrons. The molecule has 0 saturated carbocycles. The molecule has 2 aromatic carbocycles. The third kappa shape index (κ3) is 5.05. The van der Waals surface area contributed by atoms with Crippen molar-refractivity contribution in [1.82, 2.24) is 4.98 Å². The molecule has 0 aliphatic rings. The topological polar surface area (TPSA) is 82.8 Å². The maximum atomic E-state index is 12.9. The second-order valence-electron chi connectivity index (χ2n) is 5.84. The highest BCUT2D eigenvalue weighted by molar-refractivity contribution is 7.99. The summed E-state index contributed by atoms with van der Waals surface area (Å²) in [7, 11) is -3.92. The summed E-state index contributed by atoms with van der Waals surface area (Å²) in [5.41, 5.74) is -0.869. The Bertz CT molecular complexity index is 1230. The number of anilines is 1. The van der Waals surface area contributed by atoms with E-state index in [0.717, 1.165) is 17.8 Å². The summed E-state index contributed by atoms with van der Waals surface area (Å²) in [6, 6.07) is 14.5. The molecular weight excluding hydrogens is 459 g/mol. The van der Waals surface area contributed by atoms with Crippen LogP contribution in [-0.4, -0.2) is 13.4 Å². The largest absolute Gasteiger partial charge is 0.417 e. The van der Waals surface area contributed by atoms with Crippen LogP contribution in [0.1, 0.15) is 11.3 Å². The second-order valence-corrected chi connectivity index (χ2v) is 9.02. The monoisotopic (exact) mass is 469 g/mol. The zero-order valence-corrected chi connectivity index (χ0v) is 17.2. The third-order valence-corrected chi connectivity index (χ3v) is 6.67. The Hall–Kier alpha value is -2.74. The number of nitrogens with one attached hydrogen (secondary N) is 1. The minimum absolute atomic E-state index is 0.0386. The first-order valence-corrected chi connectivity index (χ1v) is 10.8. The van der Waals surface area contributed by atoms with Gasteiger partial charge in [-0.2, -0.15) is 18.4 Å². The SMILES string of the molecule is N#Cc1ncc(C(F)(F)F)cc1Sc1ccc(NS(=O)(=O)c2ccccc2Cl)cc1. The number of hydrogen-bond acceptors (Lipinski definition) is 5. The number of sulfonamides is 1. The Kier molecular flexibility index (Phi) is 6.26. The van der Waals surface area contributed by atoms with Gasteiger partial charge >= 0.3 is 6.18 Å². The predicted molar refractivity (Wildman–Crippen MR) is 107 cm³/mol. The highest BCUT2D eigenvalue weighted by atomic mass is 35.5. The van der Waals surface area contributed by atoms with E-state index in [1.54, 1.807) is 12.1 Å². The average Bonchev–Trinajstić information content (AvgIpc) is 2.68. The van der Waals surface area contributed by atoms with Crippen LogP contribution in [0.5, 0.6) is 0 Å². The van der Waals surface area contributed by atoms with Crippen molar-refractivity contribution in [2.45, 2.75) is 20.9 Å². The smallest absolute Gasteiger partial charge is 0.280 e. The van der Waals surface area contributed by atoms with E-state index in [0.29, 0.717) is 11.1 Å². The van der Waals surface area contributed by atoms with E-state index < -0.39 is 21.8 Å². The van der Waals surface area contributed by atoms with Crippen molar-refractivity contribution >= 4 is 39.1 Å². The summed E-state index contributed by atoms with van der Waals surface area (Å²) in [5.74, 6) is 0. The Labute approximate surface area is 179 Å². The van der Waals surface area contributed by atoms with E-state index in [1.165, 1.54) is 42.5 Å². The lowest BCUT2D eigenvalue weighted by Gasteiger charge is -2.11. The van der Waals surface area contributed by atoms with Crippen LogP contribution in [0.25, 0.3) is 0 Å². The molecule has 0 aliphatic carbocycles. The summed E-state index contributed by atoms with van der Waals surface area (Å²) in [4.78, 5) is 4.01. The fourth-order valence-corrected chi connectivity index (χ4v) is 4.84. The highest BCUT2D eigenvalue weighted by Gasteiger charge is 2.31. The number of aromatic nitrogens is 1. The molecule has 0 bridgehead atoms. The lowest BCUT2D eigenvalue weighted by Crippen LogP contribution is -2.13. The van der Waals surface area contributed by atoms with Gasteiger partial charge in [0.15, 0.2) is 5.69 Å². The first-order chi connectivity index (χ1) is 14.1. The molecule has 5 nitrogen and oxygen atoms in total. The van der Waals surface area contributed by atoms with Crippen molar-refractivity contribution < 1.29 is 21.6 Å². The van der Waals surface area contributed by atoms with Crippen molar-refractivity contribution in [3.05, 3.63) is 77.1 Å². The van der Waals surface area contributed by atoms with Crippen molar-refractivity contribution in [2.24, 2.45) is 0 Å². The molecule has 0 amide bonds. The van der Waals surface area contributed by atoms with Gasteiger partial charge in [-0.05, 0) is 42.5 Å². The molecule has 0 spiro atoms.